The molecule has 0 aliphatic rings. The van der Waals surface area contributed by atoms with Crippen LogP contribution in [0.2, 0.25) is 5.02 Å². The summed E-state index contributed by atoms with van der Waals surface area (Å²) in [6.45, 7) is 4.21. The molecule has 0 aromatic heterocycles. The zero-order chi connectivity index (χ0) is 25.2. The van der Waals surface area contributed by atoms with E-state index in [1.54, 1.807) is 49.4 Å². The third kappa shape index (κ3) is 7.56. The largest absolute Gasteiger partial charge is 0.490 e. The van der Waals surface area contributed by atoms with Gasteiger partial charge in [0, 0.05) is 15.1 Å². The van der Waals surface area contributed by atoms with Gasteiger partial charge in [-0.25, -0.2) is 5.43 Å². The Morgan fingerprint density at radius 2 is 1.80 bits per heavy atom. The lowest BCUT2D eigenvalue weighted by Crippen LogP contribution is -2.43. The van der Waals surface area contributed by atoms with Crippen LogP contribution in [-0.4, -0.2) is 30.7 Å². The molecular formula is C26H25BrClN3O4. The highest BCUT2D eigenvalue weighted by Crippen LogP contribution is 2.29. The van der Waals surface area contributed by atoms with E-state index in [-0.39, 0.29) is 5.91 Å². The van der Waals surface area contributed by atoms with Crippen LogP contribution in [0.3, 0.4) is 0 Å². The summed E-state index contributed by atoms with van der Waals surface area (Å²) < 4.78 is 12.2. The number of carbonyl (C=O) groups excluding carboxylic acids is 2. The SMILES string of the molecule is CCOc1cc(C=NNC(=O)C(C)NC(=O)c2ccccc2Br)ccc1OCc1ccccc1Cl. The average molecular weight is 559 g/mol. The molecule has 182 valence electrons. The summed E-state index contributed by atoms with van der Waals surface area (Å²) in [7, 11) is 0. The van der Waals surface area contributed by atoms with Gasteiger partial charge in [0.15, 0.2) is 11.5 Å². The molecular weight excluding hydrogens is 534 g/mol. The summed E-state index contributed by atoms with van der Waals surface area (Å²) in [4.78, 5) is 24.7. The average Bonchev–Trinajstić information content (AvgIpc) is 2.84. The first-order valence-corrected chi connectivity index (χ1v) is 12.1. The fourth-order valence-corrected chi connectivity index (χ4v) is 3.67. The quantitative estimate of drug-likeness (QED) is 0.259. The summed E-state index contributed by atoms with van der Waals surface area (Å²) in [5.74, 6) is 0.296. The fraction of sp³-hybridized carbons (Fsp3) is 0.192. The second-order valence-corrected chi connectivity index (χ2v) is 8.69. The van der Waals surface area contributed by atoms with Gasteiger partial charge in [0.25, 0.3) is 11.8 Å². The topological polar surface area (TPSA) is 89.0 Å². The van der Waals surface area contributed by atoms with Crippen LogP contribution in [0.1, 0.15) is 35.3 Å². The minimum atomic E-state index is -0.786. The molecule has 9 heteroatoms. The van der Waals surface area contributed by atoms with Gasteiger partial charge in [0.1, 0.15) is 12.6 Å². The van der Waals surface area contributed by atoms with Crippen LogP contribution in [0.25, 0.3) is 0 Å². The number of rotatable bonds is 10. The fourth-order valence-electron chi connectivity index (χ4n) is 3.02. The van der Waals surface area contributed by atoms with Crippen LogP contribution in [0.15, 0.2) is 76.3 Å². The van der Waals surface area contributed by atoms with Crippen LogP contribution in [0.4, 0.5) is 0 Å². The maximum absolute atomic E-state index is 12.4. The molecule has 0 aliphatic carbocycles. The Morgan fingerprint density at radius 1 is 1.06 bits per heavy atom. The molecule has 0 spiro atoms. The number of benzene rings is 3. The van der Waals surface area contributed by atoms with E-state index in [0.717, 1.165) is 5.56 Å². The van der Waals surface area contributed by atoms with Gasteiger partial charge < -0.3 is 14.8 Å². The third-order valence-electron chi connectivity index (χ3n) is 4.86. The van der Waals surface area contributed by atoms with Crippen LogP contribution in [0, 0.1) is 0 Å². The third-order valence-corrected chi connectivity index (χ3v) is 5.92. The van der Waals surface area contributed by atoms with Crippen molar-refractivity contribution < 1.29 is 19.1 Å². The van der Waals surface area contributed by atoms with Crippen molar-refractivity contribution in [3.63, 3.8) is 0 Å². The monoisotopic (exact) mass is 557 g/mol. The van der Waals surface area contributed by atoms with Crippen molar-refractivity contribution in [2.75, 3.05) is 6.61 Å². The normalized spacial score (nSPS) is 11.7. The molecule has 0 radical (unpaired) electrons. The predicted octanol–water partition coefficient (Wildman–Crippen LogP) is 5.35. The maximum atomic E-state index is 12.4. The molecule has 3 rings (SSSR count). The molecule has 0 saturated heterocycles. The van der Waals surface area contributed by atoms with E-state index in [1.807, 2.05) is 31.2 Å². The Hall–Kier alpha value is -3.36. The van der Waals surface area contributed by atoms with E-state index in [4.69, 9.17) is 21.1 Å². The summed E-state index contributed by atoms with van der Waals surface area (Å²) in [6, 6.07) is 19.0. The van der Waals surface area contributed by atoms with Crippen LogP contribution in [0.5, 0.6) is 11.5 Å². The number of nitrogens with zero attached hydrogens (tertiary/aromatic N) is 1. The summed E-state index contributed by atoms with van der Waals surface area (Å²) in [5, 5.41) is 7.28. The van der Waals surface area contributed by atoms with Crippen molar-refractivity contribution in [2.45, 2.75) is 26.5 Å². The first-order valence-electron chi connectivity index (χ1n) is 10.9. The van der Waals surface area contributed by atoms with Gasteiger partial charge >= 0.3 is 0 Å². The Bertz CT molecular complexity index is 1220. The number of ether oxygens (including phenoxy) is 2. The van der Waals surface area contributed by atoms with Crippen molar-refractivity contribution >= 4 is 45.6 Å². The molecule has 2 amide bonds. The maximum Gasteiger partial charge on any atom is 0.262 e. The molecule has 2 N–H and O–H groups in total. The van der Waals surface area contributed by atoms with E-state index in [9.17, 15) is 9.59 Å². The lowest BCUT2D eigenvalue weighted by molar-refractivity contribution is -0.122. The Morgan fingerprint density at radius 3 is 2.54 bits per heavy atom. The predicted molar refractivity (Wildman–Crippen MR) is 140 cm³/mol. The highest BCUT2D eigenvalue weighted by Gasteiger charge is 2.17. The minimum absolute atomic E-state index is 0.298. The molecule has 0 fully saturated rings. The van der Waals surface area contributed by atoms with Crippen LogP contribution >= 0.6 is 27.5 Å². The standard InChI is InChI=1S/C26H25BrClN3O4/c1-3-34-24-14-18(12-13-23(24)35-16-19-8-4-7-11-22(19)28)15-29-31-25(32)17(2)30-26(33)20-9-5-6-10-21(20)27/h4-15,17H,3,16H2,1-2H3,(H,30,33)(H,31,32). The van der Waals surface area contributed by atoms with Gasteiger partial charge in [-0.15, -0.1) is 0 Å². The molecule has 0 saturated carbocycles. The van der Waals surface area contributed by atoms with Gasteiger partial charge in [0.2, 0.25) is 0 Å². The van der Waals surface area contributed by atoms with E-state index in [2.05, 4.69) is 31.8 Å². The van der Waals surface area contributed by atoms with Gasteiger partial charge in [-0.05, 0) is 71.7 Å². The van der Waals surface area contributed by atoms with E-state index >= 15 is 0 Å². The molecule has 7 nitrogen and oxygen atoms in total. The number of hydrazone groups is 1. The molecule has 1 atom stereocenters. The molecule has 0 heterocycles. The Kier molecular flexibility index (Phi) is 9.69. The first-order chi connectivity index (χ1) is 16.9. The van der Waals surface area contributed by atoms with E-state index in [0.29, 0.717) is 45.3 Å². The number of halogens is 2. The van der Waals surface area contributed by atoms with Crippen molar-refractivity contribution in [3.05, 3.63) is 92.9 Å². The molecule has 1 unspecified atom stereocenters. The lowest BCUT2D eigenvalue weighted by atomic mass is 10.2. The molecule has 35 heavy (non-hydrogen) atoms. The van der Waals surface area contributed by atoms with Gasteiger partial charge in [-0.3, -0.25) is 9.59 Å². The number of amides is 2. The van der Waals surface area contributed by atoms with E-state index < -0.39 is 11.9 Å². The van der Waals surface area contributed by atoms with E-state index in [1.165, 1.54) is 6.21 Å². The van der Waals surface area contributed by atoms with Crippen molar-refractivity contribution in [1.82, 2.24) is 10.7 Å². The summed E-state index contributed by atoms with van der Waals surface area (Å²) in [5.41, 5.74) is 4.44. The number of hydrogen-bond donors (Lipinski definition) is 2. The van der Waals surface area contributed by atoms with Crippen LogP contribution < -0.4 is 20.2 Å². The minimum Gasteiger partial charge on any atom is -0.490 e. The highest BCUT2D eigenvalue weighted by atomic mass is 79.9. The van der Waals surface area contributed by atoms with Gasteiger partial charge in [0.05, 0.1) is 18.4 Å². The van der Waals surface area contributed by atoms with Crippen LogP contribution in [-0.2, 0) is 11.4 Å². The number of nitrogens with one attached hydrogen (secondary N) is 2. The molecule has 0 bridgehead atoms. The van der Waals surface area contributed by atoms with Gasteiger partial charge in [-0.2, -0.15) is 5.10 Å². The zero-order valence-electron chi connectivity index (χ0n) is 19.3. The Labute approximate surface area is 217 Å². The molecule has 3 aromatic carbocycles. The zero-order valence-corrected chi connectivity index (χ0v) is 21.6. The highest BCUT2D eigenvalue weighted by molar-refractivity contribution is 9.10. The number of carbonyl (C=O) groups is 2. The summed E-state index contributed by atoms with van der Waals surface area (Å²) in [6.07, 6.45) is 1.49. The Balaban J connectivity index is 1.59. The smallest absolute Gasteiger partial charge is 0.262 e. The van der Waals surface area contributed by atoms with Crippen molar-refractivity contribution in [1.29, 1.82) is 0 Å². The summed E-state index contributed by atoms with van der Waals surface area (Å²) >= 11 is 9.53. The first kappa shape index (κ1) is 26.2. The number of hydrogen-bond acceptors (Lipinski definition) is 5. The second-order valence-electron chi connectivity index (χ2n) is 7.43. The van der Waals surface area contributed by atoms with Crippen molar-refractivity contribution in [3.8, 4) is 11.5 Å². The lowest BCUT2D eigenvalue weighted by Gasteiger charge is -2.14. The van der Waals surface area contributed by atoms with Crippen molar-refractivity contribution in [2.24, 2.45) is 5.10 Å². The molecule has 3 aromatic rings. The van der Waals surface area contributed by atoms with Gasteiger partial charge in [-0.1, -0.05) is 41.9 Å². The molecule has 0 aliphatic heterocycles. The second kappa shape index (κ2) is 12.9.